The van der Waals surface area contributed by atoms with E-state index >= 15 is 0 Å². The fraction of sp³-hybridized carbons (Fsp3) is 0.231. The minimum Gasteiger partial charge on any atom is -0.493 e. The normalized spacial score (nSPS) is 20.7. The second-order valence-corrected chi connectivity index (χ2v) is 9.18. The van der Waals surface area contributed by atoms with Gasteiger partial charge >= 0.3 is 0 Å². The smallest absolute Gasteiger partial charge is 0.269 e. The summed E-state index contributed by atoms with van der Waals surface area (Å²) in [7, 11) is 1.58. The molecule has 0 saturated carbocycles. The topological polar surface area (TPSA) is 85.1 Å². The van der Waals surface area contributed by atoms with Crippen LogP contribution in [0.4, 0.5) is 11.4 Å². The number of ether oxygens (including phenoxy) is 2. The molecule has 1 fully saturated rings. The predicted octanol–water partition coefficient (Wildman–Crippen LogP) is 5.40. The van der Waals surface area contributed by atoms with E-state index in [0.29, 0.717) is 28.6 Å². The quantitative estimate of drug-likeness (QED) is 0.276. The highest BCUT2D eigenvalue weighted by Gasteiger charge is 2.54. The number of rotatable bonds is 4. The van der Waals surface area contributed by atoms with Gasteiger partial charge in [0.1, 0.15) is 0 Å². The van der Waals surface area contributed by atoms with Gasteiger partial charge in [0, 0.05) is 35.4 Å². The van der Waals surface area contributed by atoms with Crippen molar-refractivity contribution in [2.75, 3.05) is 12.0 Å². The number of carbonyl (C=O) groups is 1. The summed E-state index contributed by atoms with van der Waals surface area (Å²) in [5, 5.41) is 11.4. The molecule has 2 bridgehead atoms. The number of non-ortho nitro benzene ring substituents is 1. The van der Waals surface area contributed by atoms with Crippen LogP contribution in [-0.2, 0) is 0 Å². The van der Waals surface area contributed by atoms with E-state index in [9.17, 15) is 14.9 Å². The van der Waals surface area contributed by atoms with Gasteiger partial charge in [0.15, 0.2) is 22.3 Å². The number of thiocarbonyl (C=S) groups is 1. The van der Waals surface area contributed by atoms with Crippen molar-refractivity contribution in [3.8, 4) is 11.5 Å². The van der Waals surface area contributed by atoms with Crippen molar-refractivity contribution in [3.63, 3.8) is 0 Å². The van der Waals surface area contributed by atoms with Gasteiger partial charge in [-0.15, -0.1) is 0 Å². The van der Waals surface area contributed by atoms with Gasteiger partial charge in [-0.3, -0.25) is 24.7 Å². The number of anilines is 1. The Kier molecular flexibility index (Phi) is 5.44. The molecule has 2 atom stereocenters. The molecule has 0 N–H and O–H groups in total. The Bertz CT molecular complexity index is 1360. The fourth-order valence-electron chi connectivity index (χ4n) is 4.85. The summed E-state index contributed by atoms with van der Waals surface area (Å²) in [5.74, 6) is 0.791. The van der Waals surface area contributed by atoms with Crippen LogP contribution < -0.4 is 14.4 Å². The van der Waals surface area contributed by atoms with Crippen LogP contribution in [-0.4, -0.2) is 33.7 Å². The number of amides is 1. The summed E-state index contributed by atoms with van der Waals surface area (Å²) in [6.07, 6.45) is 0.458. The van der Waals surface area contributed by atoms with Crippen LogP contribution in [0.15, 0.2) is 66.7 Å². The maximum Gasteiger partial charge on any atom is 0.269 e. The highest BCUT2D eigenvalue weighted by atomic mass is 32.1. The molecule has 1 amide bonds. The zero-order valence-corrected chi connectivity index (χ0v) is 20.2. The summed E-state index contributed by atoms with van der Waals surface area (Å²) >= 11 is 5.95. The highest BCUT2D eigenvalue weighted by Crippen LogP contribution is 2.52. The Morgan fingerprint density at radius 1 is 1.17 bits per heavy atom. The number of fused-ring (bicyclic) bond motifs is 4. The van der Waals surface area contributed by atoms with Crippen molar-refractivity contribution in [1.82, 2.24) is 4.90 Å². The van der Waals surface area contributed by atoms with Crippen LogP contribution in [0.5, 0.6) is 11.5 Å². The van der Waals surface area contributed by atoms with Crippen molar-refractivity contribution in [3.05, 3.63) is 93.5 Å². The average molecular weight is 490 g/mol. The van der Waals surface area contributed by atoms with Crippen LogP contribution in [0.25, 0.3) is 0 Å². The molecule has 3 aromatic rings. The number of nitrogens with zero attached hydrogens (tertiary/aromatic N) is 3. The zero-order chi connectivity index (χ0) is 24.9. The van der Waals surface area contributed by atoms with Gasteiger partial charge in [-0.2, -0.15) is 0 Å². The molecule has 0 spiro atoms. The van der Waals surface area contributed by atoms with E-state index in [2.05, 4.69) is 0 Å². The van der Waals surface area contributed by atoms with Crippen molar-refractivity contribution in [1.29, 1.82) is 0 Å². The Balaban J connectivity index is 1.67. The number of para-hydroxylation sites is 1. The maximum absolute atomic E-state index is 13.9. The standard InChI is InChI=1S/C26H23N3O5S/c1-16-6-4-7-19(14-16)28-25(35)27(24(30)17-10-12-18(13-11-17)29(31)32)21-15-26(28,2)34-23-20(21)8-5-9-22(23)33-3/h4-14,21H,15H2,1-3H3/t21-,26+/m1/s1. The molecule has 5 rings (SSSR count). The summed E-state index contributed by atoms with van der Waals surface area (Å²) in [5.41, 5.74) is 1.99. The van der Waals surface area contributed by atoms with E-state index in [-0.39, 0.29) is 11.6 Å². The zero-order valence-electron chi connectivity index (χ0n) is 19.4. The molecule has 2 aliphatic heterocycles. The van der Waals surface area contributed by atoms with E-state index < -0.39 is 16.7 Å². The number of hydrogen-bond acceptors (Lipinski definition) is 6. The fourth-order valence-corrected chi connectivity index (χ4v) is 5.36. The molecule has 2 aliphatic rings. The van der Waals surface area contributed by atoms with Crippen LogP contribution in [0.1, 0.15) is 40.9 Å². The Morgan fingerprint density at radius 3 is 2.54 bits per heavy atom. The lowest BCUT2D eigenvalue weighted by atomic mass is 9.88. The van der Waals surface area contributed by atoms with Gasteiger partial charge < -0.3 is 9.47 Å². The van der Waals surface area contributed by atoms with Gasteiger partial charge in [-0.1, -0.05) is 24.3 Å². The van der Waals surface area contributed by atoms with Crippen LogP contribution in [0, 0.1) is 17.0 Å². The van der Waals surface area contributed by atoms with Gasteiger partial charge in [0.05, 0.1) is 18.1 Å². The third kappa shape index (κ3) is 3.68. The summed E-state index contributed by atoms with van der Waals surface area (Å²) in [6.45, 7) is 3.94. The predicted molar refractivity (Wildman–Crippen MR) is 135 cm³/mol. The molecule has 8 nitrogen and oxygen atoms in total. The number of nitro benzene ring substituents is 1. The summed E-state index contributed by atoms with van der Waals surface area (Å²) in [4.78, 5) is 27.9. The Morgan fingerprint density at radius 2 is 1.89 bits per heavy atom. The Hall–Kier alpha value is -3.98. The largest absolute Gasteiger partial charge is 0.493 e. The van der Waals surface area contributed by atoms with E-state index in [4.69, 9.17) is 21.7 Å². The SMILES string of the molecule is COc1cccc2c1O[C@@]1(C)C[C@H]2N(C(=O)c2ccc([N+](=O)[O-])cc2)C(=S)N1c1cccc(C)c1. The van der Waals surface area contributed by atoms with Crippen molar-refractivity contribution in [2.24, 2.45) is 0 Å². The number of carbonyl (C=O) groups excluding carboxylic acids is 1. The van der Waals surface area contributed by atoms with Crippen LogP contribution >= 0.6 is 12.2 Å². The lowest BCUT2D eigenvalue weighted by molar-refractivity contribution is -0.384. The second kappa shape index (κ2) is 8.35. The lowest BCUT2D eigenvalue weighted by Gasteiger charge is -2.55. The first-order chi connectivity index (χ1) is 16.7. The number of methoxy groups -OCH3 is 1. The molecule has 0 unspecified atom stereocenters. The van der Waals surface area contributed by atoms with Crippen LogP contribution in [0.3, 0.4) is 0 Å². The number of benzene rings is 3. The number of aryl methyl sites for hydroxylation is 1. The van der Waals surface area contributed by atoms with Gasteiger partial charge in [-0.05, 0) is 62.0 Å². The minimum atomic E-state index is -0.872. The van der Waals surface area contributed by atoms with Gasteiger partial charge in [0.25, 0.3) is 11.6 Å². The summed E-state index contributed by atoms with van der Waals surface area (Å²) < 4.78 is 12.1. The molecule has 0 aliphatic carbocycles. The number of nitro groups is 1. The monoisotopic (exact) mass is 489 g/mol. The maximum atomic E-state index is 13.9. The summed E-state index contributed by atoms with van der Waals surface area (Å²) in [6, 6.07) is 18.6. The third-order valence-electron chi connectivity index (χ3n) is 6.47. The third-order valence-corrected chi connectivity index (χ3v) is 6.85. The van der Waals surface area contributed by atoms with Crippen molar-refractivity contribution in [2.45, 2.75) is 32.0 Å². The molecule has 2 heterocycles. The van der Waals surface area contributed by atoms with E-state index in [1.54, 1.807) is 12.0 Å². The molecule has 35 heavy (non-hydrogen) atoms. The van der Waals surface area contributed by atoms with Gasteiger partial charge in [0.2, 0.25) is 0 Å². The Labute approximate surface area is 207 Å². The number of hydrogen-bond donors (Lipinski definition) is 0. The van der Waals surface area contributed by atoms with E-state index in [1.165, 1.54) is 24.3 Å². The van der Waals surface area contributed by atoms with Crippen molar-refractivity contribution >= 4 is 34.6 Å². The molecule has 3 aromatic carbocycles. The van der Waals surface area contributed by atoms with Gasteiger partial charge in [-0.25, -0.2) is 0 Å². The van der Waals surface area contributed by atoms with Crippen molar-refractivity contribution < 1.29 is 19.2 Å². The van der Waals surface area contributed by atoms with Crippen LogP contribution in [0.2, 0.25) is 0 Å². The molecular weight excluding hydrogens is 466 g/mol. The average Bonchev–Trinajstić information content (AvgIpc) is 2.83. The molecule has 9 heteroatoms. The van der Waals surface area contributed by atoms with E-state index in [0.717, 1.165) is 16.8 Å². The first-order valence-electron chi connectivity index (χ1n) is 11.1. The molecule has 1 saturated heterocycles. The molecule has 0 radical (unpaired) electrons. The second-order valence-electron chi connectivity index (χ2n) is 8.81. The minimum absolute atomic E-state index is 0.0853. The molecule has 0 aromatic heterocycles. The first-order valence-corrected chi connectivity index (χ1v) is 11.5. The van der Waals surface area contributed by atoms with E-state index in [1.807, 2.05) is 61.2 Å². The first kappa shape index (κ1) is 22.8. The highest BCUT2D eigenvalue weighted by molar-refractivity contribution is 7.80. The molecule has 178 valence electrons. The lowest BCUT2D eigenvalue weighted by Crippen LogP contribution is -2.67. The molecular formula is C26H23N3O5S.